The van der Waals surface area contributed by atoms with E-state index in [1.54, 1.807) is 6.92 Å². The third-order valence-corrected chi connectivity index (χ3v) is 6.16. The number of hydrogen-bond acceptors (Lipinski definition) is 6. The summed E-state index contributed by atoms with van der Waals surface area (Å²) in [6.07, 6.45) is 8.05. The van der Waals surface area contributed by atoms with Crippen LogP contribution in [0.5, 0.6) is 0 Å². The Morgan fingerprint density at radius 3 is 3.04 bits per heavy atom. The van der Waals surface area contributed by atoms with Crippen molar-refractivity contribution in [2.75, 3.05) is 13.1 Å². The van der Waals surface area contributed by atoms with E-state index in [0.717, 1.165) is 49.9 Å². The monoisotopic (exact) mass is 342 g/mol. The Labute approximate surface area is 145 Å². The minimum atomic E-state index is -0.182. The highest BCUT2D eigenvalue weighted by atomic mass is 16.5. The lowest BCUT2D eigenvalue weighted by Crippen LogP contribution is -2.35. The molecule has 7 nitrogen and oxygen atoms in total. The molecule has 3 aliphatic rings. The Bertz CT molecular complexity index is 809. The molecule has 0 aromatic carbocycles. The molecule has 2 aliphatic carbocycles. The van der Waals surface area contributed by atoms with E-state index in [1.165, 1.54) is 19.2 Å². The highest BCUT2D eigenvalue weighted by molar-refractivity contribution is 5.92. The summed E-state index contributed by atoms with van der Waals surface area (Å²) in [7, 11) is 0. The number of nitrogens with zero attached hydrogens (tertiary/aromatic N) is 4. The van der Waals surface area contributed by atoms with Gasteiger partial charge >= 0.3 is 0 Å². The second kappa shape index (κ2) is 5.41. The zero-order chi connectivity index (χ0) is 17.0. The van der Waals surface area contributed by atoms with Crippen LogP contribution in [0.2, 0.25) is 0 Å². The van der Waals surface area contributed by atoms with Crippen molar-refractivity contribution >= 4 is 5.91 Å². The summed E-state index contributed by atoms with van der Waals surface area (Å²) in [4.78, 5) is 23.5. The summed E-state index contributed by atoms with van der Waals surface area (Å²) in [5.74, 6) is 2.94. The van der Waals surface area contributed by atoms with Crippen LogP contribution in [0.15, 0.2) is 15.3 Å². The third-order valence-electron chi connectivity index (χ3n) is 6.16. The number of oxazole rings is 1. The predicted molar refractivity (Wildman–Crippen MR) is 86.9 cm³/mol. The molecular weight excluding hydrogens is 320 g/mol. The molecule has 1 aliphatic heterocycles. The average Bonchev–Trinajstić information content (AvgIpc) is 2.99. The molecule has 25 heavy (non-hydrogen) atoms. The smallest absolute Gasteiger partial charge is 0.291 e. The summed E-state index contributed by atoms with van der Waals surface area (Å²) < 4.78 is 11.0. The molecule has 2 aromatic rings. The molecule has 1 amide bonds. The normalized spacial score (nSPS) is 28.5. The first-order chi connectivity index (χ1) is 12.2. The van der Waals surface area contributed by atoms with E-state index in [4.69, 9.17) is 13.9 Å². The van der Waals surface area contributed by atoms with Crippen molar-refractivity contribution in [3.63, 3.8) is 0 Å². The Morgan fingerprint density at radius 2 is 2.28 bits per heavy atom. The van der Waals surface area contributed by atoms with Crippen LogP contribution in [-0.2, 0) is 11.8 Å². The molecule has 0 spiro atoms. The molecule has 132 valence electrons. The molecule has 2 saturated carbocycles. The second-order valence-electron chi connectivity index (χ2n) is 7.86. The van der Waals surface area contributed by atoms with E-state index < -0.39 is 0 Å². The van der Waals surface area contributed by atoms with Crippen molar-refractivity contribution in [1.29, 1.82) is 0 Å². The number of amides is 1. The second-order valence-corrected chi connectivity index (χ2v) is 7.86. The van der Waals surface area contributed by atoms with Crippen LogP contribution in [0, 0.1) is 18.8 Å². The fourth-order valence-corrected chi connectivity index (χ4v) is 4.56. The molecule has 3 heterocycles. The van der Waals surface area contributed by atoms with Gasteiger partial charge in [-0.3, -0.25) is 4.79 Å². The molecule has 0 bridgehead atoms. The van der Waals surface area contributed by atoms with Crippen LogP contribution in [-0.4, -0.2) is 39.0 Å². The van der Waals surface area contributed by atoms with E-state index in [1.807, 2.05) is 4.90 Å². The molecule has 5 rings (SSSR count). The van der Waals surface area contributed by atoms with Gasteiger partial charge in [0.05, 0.1) is 11.1 Å². The maximum absolute atomic E-state index is 12.8. The fraction of sp³-hybridized carbons (Fsp3) is 0.667. The number of rotatable bonds is 4. The van der Waals surface area contributed by atoms with Crippen molar-refractivity contribution in [1.82, 2.24) is 20.0 Å². The van der Waals surface area contributed by atoms with Crippen LogP contribution in [0.25, 0.3) is 0 Å². The van der Waals surface area contributed by atoms with Gasteiger partial charge in [-0.05, 0) is 44.4 Å². The minimum absolute atomic E-state index is 0.0819. The molecule has 0 N–H and O–H groups in total. The topological polar surface area (TPSA) is 85.3 Å². The zero-order valence-corrected chi connectivity index (χ0v) is 14.4. The minimum Gasteiger partial charge on any atom is -0.438 e. The average molecular weight is 342 g/mol. The van der Waals surface area contributed by atoms with E-state index in [-0.39, 0.29) is 11.3 Å². The van der Waals surface area contributed by atoms with Gasteiger partial charge in [-0.15, -0.1) is 0 Å². The first kappa shape index (κ1) is 15.1. The zero-order valence-electron chi connectivity index (χ0n) is 14.4. The SMILES string of the molecule is Cc1ncoc1C(=O)N1C[C@H]2CCC[C@@]2(c2nc(CC3CC3)no2)C1. The van der Waals surface area contributed by atoms with E-state index in [0.29, 0.717) is 23.9 Å². The molecule has 0 radical (unpaired) electrons. The van der Waals surface area contributed by atoms with Gasteiger partial charge < -0.3 is 13.8 Å². The molecular formula is C18H22N4O3. The summed E-state index contributed by atoms with van der Waals surface area (Å²) in [5, 5.41) is 4.21. The van der Waals surface area contributed by atoms with E-state index in [2.05, 4.69) is 10.1 Å². The van der Waals surface area contributed by atoms with Crippen molar-refractivity contribution in [3.8, 4) is 0 Å². The number of fused-ring (bicyclic) bond motifs is 1. The van der Waals surface area contributed by atoms with E-state index in [9.17, 15) is 4.79 Å². The molecule has 7 heteroatoms. The lowest BCUT2D eigenvalue weighted by Gasteiger charge is -2.23. The van der Waals surface area contributed by atoms with E-state index >= 15 is 0 Å². The summed E-state index contributed by atoms with van der Waals surface area (Å²) in [6, 6.07) is 0. The first-order valence-electron chi connectivity index (χ1n) is 9.18. The molecule has 2 aromatic heterocycles. The van der Waals surface area contributed by atoms with Crippen LogP contribution in [0.1, 0.15) is 60.1 Å². The fourth-order valence-electron chi connectivity index (χ4n) is 4.56. The molecule has 0 unspecified atom stereocenters. The molecule has 2 atom stereocenters. The number of hydrogen-bond donors (Lipinski definition) is 0. The lowest BCUT2D eigenvalue weighted by atomic mass is 9.80. The largest absolute Gasteiger partial charge is 0.438 e. The van der Waals surface area contributed by atoms with Gasteiger partial charge in [0.2, 0.25) is 11.7 Å². The molecule has 1 saturated heterocycles. The number of carbonyl (C=O) groups excluding carboxylic acids is 1. The number of carbonyl (C=O) groups is 1. The highest BCUT2D eigenvalue weighted by Gasteiger charge is 2.55. The Morgan fingerprint density at radius 1 is 1.40 bits per heavy atom. The van der Waals surface area contributed by atoms with Gasteiger partial charge in [0.1, 0.15) is 0 Å². The lowest BCUT2D eigenvalue weighted by molar-refractivity contribution is 0.0742. The maximum Gasteiger partial charge on any atom is 0.291 e. The number of aryl methyl sites for hydroxylation is 1. The van der Waals surface area contributed by atoms with Gasteiger partial charge in [-0.2, -0.15) is 4.98 Å². The van der Waals surface area contributed by atoms with Gasteiger partial charge in [-0.25, -0.2) is 4.98 Å². The van der Waals surface area contributed by atoms with Gasteiger partial charge in [-0.1, -0.05) is 11.6 Å². The van der Waals surface area contributed by atoms with Crippen LogP contribution < -0.4 is 0 Å². The number of aromatic nitrogens is 3. The van der Waals surface area contributed by atoms with Crippen LogP contribution >= 0.6 is 0 Å². The molecule has 3 fully saturated rings. The predicted octanol–water partition coefficient (Wildman–Crippen LogP) is 2.51. The van der Waals surface area contributed by atoms with Crippen molar-refractivity contribution in [3.05, 3.63) is 29.6 Å². The van der Waals surface area contributed by atoms with Crippen molar-refractivity contribution in [2.45, 2.75) is 50.9 Å². The van der Waals surface area contributed by atoms with Crippen LogP contribution in [0.4, 0.5) is 0 Å². The van der Waals surface area contributed by atoms with Crippen LogP contribution in [0.3, 0.4) is 0 Å². The Hall–Kier alpha value is -2.18. The van der Waals surface area contributed by atoms with Crippen molar-refractivity contribution < 1.29 is 13.7 Å². The van der Waals surface area contributed by atoms with Gasteiger partial charge in [0, 0.05) is 19.5 Å². The summed E-state index contributed by atoms with van der Waals surface area (Å²) in [5.41, 5.74) is 0.457. The quantitative estimate of drug-likeness (QED) is 0.849. The number of likely N-dealkylation sites (tertiary alicyclic amines) is 1. The first-order valence-corrected chi connectivity index (χ1v) is 9.18. The Balaban J connectivity index is 1.41. The maximum atomic E-state index is 12.8. The van der Waals surface area contributed by atoms with Crippen molar-refractivity contribution in [2.24, 2.45) is 11.8 Å². The van der Waals surface area contributed by atoms with Gasteiger partial charge in [0.15, 0.2) is 12.2 Å². The highest BCUT2D eigenvalue weighted by Crippen LogP contribution is 2.50. The third kappa shape index (κ3) is 2.40. The van der Waals surface area contributed by atoms with Gasteiger partial charge in [0.25, 0.3) is 5.91 Å². The standard InChI is InChI=1S/C18H22N4O3/c1-11-15(24-10-19-11)16(23)22-8-13-3-2-6-18(13,9-22)17-20-14(21-25-17)7-12-4-5-12/h10,12-13H,2-9H2,1H3/t13-,18-/m1/s1. The Kier molecular flexibility index (Phi) is 3.27. The summed E-state index contributed by atoms with van der Waals surface area (Å²) in [6.45, 7) is 3.15. The summed E-state index contributed by atoms with van der Waals surface area (Å²) >= 11 is 0.